The van der Waals surface area contributed by atoms with E-state index in [0.29, 0.717) is 12.6 Å². The van der Waals surface area contributed by atoms with Gasteiger partial charge in [0.05, 0.1) is 11.7 Å². The molecule has 5 heteroatoms. The molecule has 0 amide bonds. The van der Waals surface area contributed by atoms with Crippen molar-refractivity contribution in [2.45, 2.75) is 51.2 Å². The van der Waals surface area contributed by atoms with Crippen molar-refractivity contribution < 1.29 is 9.90 Å². The molecular weight excluding hydrogens is 218 g/mol. The molecule has 0 radical (unpaired) electrons. The molecule has 1 unspecified atom stereocenters. The summed E-state index contributed by atoms with van der Waals surface area (Å²) in [6.07, 6.45) is 6.99. The molecule has 2 N–H and O–H groups in total. The second-order valence-electron chi connectivity index (χ2n) is 4.67. The molecule has 1 aromatic rings. The van der Waals surface area contributed by atoms with E-state index in [-0.39, 0.29) is 0 Å². The average Bonchev–Trinajstić information content (AvgIpc) is 2.95. The third-order valence-electron chi connectivity index (χ3n) is 3.32. The van der Waals surface area contributed by atoms with E-state index in [1.165, 1.54) is 25.7 Å². The van der Waals surface area contributed by atoms with Crippen molar-refractivity contribution in [2.24, 2.45) is 0 Å². The molecule has 0 saturated heterocycles. The minimum Gasteiger partial charge on any atom is -0.480 e. The van der Waals surface area contributed by atoms with Crippen LogP contribution in [0.1, 0.15) is 44.3 Å². The minimum absolute atomic E-state index is 0.507. The van der Waals surface area contributed by atoms with Crippen molar-refractivity contribution in [2.75, 3.05) is 0 Å². The van der Waals surface area contributed by atoms with Gasteiger partial charge in [-0.1, -0.05) is 12.8 Å². The van der Waals surface area contributed by atoms with Crippen LogP contribution in [0.2, 0.25) is 0 Å². The highest BCUT2D eigenvalue weighted by atomic mass is 16.4. The van der Waals surface area contributed by atoms with E-state index in [0.717, 1.165) is 5.69 Å². The molecule has 2 rings (SSSR count). The van der Waals surface area contributed by atoms with Crippen molar-refractivity contribution in [3.63, 3.8) is 0 Å². The summed E-state index contributed by atoms with van der Waals surface area (Å²) in [4.78, 5) is 10.6. The van der Waals surface area contributed by atoms with Gasteiger partial charge in [0.2, 0.25) is 0 Å². The number of carbonyl (C=O) groups is 1. The summed E-state index contributed by atoms with van der Waals surface area (Å²) in [5, 5.41) is 16.2. The molecule has 1 aliphatic carbocycles. The standard InChI is InChI=1S/C12H19N3O2/c1-9(12(16)17)13-8-10-6-7-15(14-10)11-4-2-3-5-11/h6-7,9,11,13H,2-5,8H2,1H3,(H,16,17). The first kappa shape index (κ1) is 12.1. The molecular formula is C12H19N3O2. The number of hydrogen-bond donors (Lipinski definition) is 2. The molecule has 1 saturated carbocycles. The van der Waals surface area contributed by atoms with Crippen molar-refractivity contribution in [3.8, 4) is 0 Å². The minimum atomic E-state index is -0.833. The third-order valence-corrected chi connectivity index (χ3v) is 3.32. The Balaban J connectivity index is 1.87. The first-order valence-electron chi connectivity index (χ1n) is 6.17. The zero-order chi connectivity index (χ0) is 12.3. The van der Waals surface area contributed by atoms with Gasteiger partial charge in [-0.25, -0.2) is 0 Å². The lowest BCUT2D eigenvalue weighted by Gasteiger charge is -2.09. The van der Waals surface area contributed by atoms with Gasteiger partial charge in [-0.15, -0.1) is 0 Å². The van der Waals surface area contributed by atoms with E-state index in [1.807, 2.05) is 16.9 Å². The van der Waals surface area contributed by atoms with Crippen LogP contribution in [-0.4, -0.2) is 26.9 Å². The van der Waals surface area contributed by atoms with Crippen LogP contribution in [0.4, 0.5) is 0 Å². The Morgan fingerprint density at radius 1 is 1.65 bits per heavy atom. The van der Waals surface area contributed by atoms with E-state index in [1.54, 1.807) is 6.92 Å². The van der Waals surface area contributed by atoms with Gasteiger partial charge in [-0.05, 0) is 25.8 Å². The van der Waals surface area contributed by atoms with Crippen LogP contribution in [0.25, 0.3) is 0 Å². The second-order valence-corrected chi connectivity index (χ2v) is 4.67. The lowest BCUT2D eigenvalue weighted by molar-refractivity contribution is -0.139. The van der Waals surface area contributed by atoms with Crippen LogP contribution in [0.5, 0.6) is 0 Å². The van der Waals surface area contributed by atoms with Crippen LogP contribution in [0.15, 0.2) is 12.3 Å². The summed E-state index contributed by atoms with van der Waals surface area (Å²) in [5.74, 6) is -0.833. The highest BCUT2D eigenvalue weighted by molar-refractivity contribution is 5.72. The SMILES string of the molecule is CC(NCc1ccn(C2CCCC2)n1)C(=O)O. The van der Waals surface area contributed by atoms with Gasteiger partial charge in [0, 0.05) is 12.7 Å². The quantitative estimate of drug-likeness (QED) is 0.815. The van der Waals surface area contributed by atoms with Crippen LogP contribution >= 0.6 is 0 Å². The normalized spacial score (nSPS) is 18.4. The molecule has 0 bridgehead atoms. The highest BCUT2D eigenvalue weighted by Crippen LogP contribution is 2.28. The van der Waals surface area contributed by atoms with Gasteiger partial charge < -0.3 is 5.11 Å². The van der Waals surface area contributed by atoms with E-state index in [9.17, 15) is 4.79 Å². The van der Waals surface area contributed by atoms with Crippen LogP contribution in [0.3, 0.4) is 0 Å². The van der Waals surface area contributed by atoms with E-state index in [2.05, 4.69) is 10.4 Å². The predicted molar refractivity (Wildman–Crippen MR) is 63.7 cm³/mol. The Morgan fingerprint density at radius 2 is 2.35 bits per heavy atom. The van der Waals surface area contributed by atoms with E-state index >= 15 is 0 Å². The molecule has 1 fully saturated rings. The second kappa shape index (κ2) is 5.31. The Kier molecular flexibility index (Phi) is 3.78. The summed E-state index contributed by atoms with van der Waals surface area (Å²) in [6, 6.07) is 1.96. The summed E-state index contributed by atoms with van der Waals surface area (Å²) in [7, 11) is 0. The van der Waals surface area contributed by atoms with Crippen molar-refractivity contribution in [1.82, 2.24) is 15.1 Å². The fourth-order valence-corrected chi connectivity index (χ4v) is 2.19. The van der Waals surface area contributed by atoms with Crippen molar-refractivity contribution in [1.29, 1.82) is 0 Å². The molecule has 0 aromatic carbocycles. The number of rotatable bonds is 5. The van der Waals surface area contributed by atoms with Crippen molar-refractivity contribution >= 4 is 5.97 Å². The molecule has 0 aliphatic heterocycles. The van der Waals surface area contributed by atoms with Gasteiger partial charge in [-0.2, -0.15) is 5.10 Å². The first-order chi connectivity index (χ1) is 8.16. The number of nitrogens with zero attached hydrogens (tertiary/aromatic N) is 2. The molecule has 0 spiro atoms. The number of carboxylic acids is 1. The van der Waals surface area contributed by atoms with E-state index < -0.39 is 12.0 Å². The molecule has 1 atom stereocenters. The highest BCUT2D eigenvalue weighted by Gasteiger charge is 2.17. The monoisotopic (exact) mass is 237 g/mol. The Hall–Kier alpha value is -1.36. The van der Waals surface area contributed by atoms with Crippen LogP contribution in [-0.2, 0) is 11.3 Å². The maximum absolute atomic E-state index is 10.6. The zero-order valence-electron chi connectivity index (χ0n) is 10.1. The Bertz CT molecular complexity index is 383. The molecule has 1 heterocycles. The van der Waals surface area contributed by atoms with Gasteiger partial charge in [-0.3, -0.25) is 14.8 Å². The molecule has 17 heavy (non-hydrogen) atoms. The lowest BCUT2D eigenvalue weighted by atomic mass is 10.3. The fraction of sp³-hybridized carbons (Fsp3) is 0.667. The number of aliphatic carboxylic acids is 1. The summed E-state index contributed by atoms with van der Waals surface area (Å²) in [6.45, 7) is 2.14. The number of carboxylic acid groups (broad SMARTS) is 1. The van der Waals surface area contributed by atoms with Gasteiger partial charge in [0.1, 0.15) is 6.04 Å². The van der Waals surface area contributed by atoms with Crippen LogP contribution < -0.4 is 5.32 Å². The zero-order valence-corrected chi connectivity index (χ0v) is 10.1. The van der Waals surface area contributed by atoms with Crippen molar-refractivity contribution in [3.05, 3.63) is 18.0 Å². The lowest BCUT2D eigenvalue weighted by Crippen LogP contribution is -2.33. The van der Waals surface area contributed by atoms with Gasteiger partial charge >= 0.3 is 5.97 Å². The maximum Gasteiger partial charge on any atom is 0.320 e. The summed E-state index contributed by atoms with van der Waals surface area (Å²) in [5.41, 5.74) is 0.907. The van der Waals surface area contributed by atoms with Gasteiger partial charge in [0.15, 0.2) is 0 Å². The summed E-state index contributed by atoms with van der Waals surface area (Å²) < 4.78 is 2.02. The maximum atomic E-state index is 10.6. The predicted octanol–water partition coefficient (Wildman–Crippen LogP) is 1.56. The molecule has 94 valence electrons. The first-order valence-corrected chi connectivity index (χ1v) is 6.17. The molecule has 1 aromatic heterocycles. The number of aromatic nitrogens is 2. The average molecular weight is 237 g/mol. The number of nitrogens with one attached hydrogen (secondary N) is 1. The summed E-state index contributed by atoms with van der Waals surface area (Å²) >= 11 is 0. The topological polar surface area (TPSA) is 67.2 Å². The van der Waals surface area contributed by atoms with E-state index in [4.69, 9.17) is 5.11 Å². The molecule has 1 aliphatic rings. The largest absolute Gasteiger partial charge is 0.480 e. The van der Waals surface area contributed by atoms with Gasteiger partial charge in [0.25, 0.3) is 0 Å². The Labute approximate surface area is 101 Å². The smallest absolute Gasteiger partial charge is 0.320 e. The van der Waals surface area contributed by atoms with Crippen LogP contribution in [0, 0.1) is 0 Å². The number of hydrogen-bond acceptors (Lipinski definition) is 3. The molecule has 5 nitrogen and oxygen atoms in total. The Morgan fingerprint density at radius 3 is 3.00 bits per heavy atom. The fourth-order valence-electron chi connectivity index (χ4n) is 2.19. The third kappa shape index (κ3) is 3.06.